The number of nitrogens with zero attached hydrogens (tertiary/aromatic N) is 2. The molecule has 1 fully saturated rings. The van der Waals surface area contributed by atoms with E-state index < -0.39 is 6.04 Å². The Bertz CT molecular complexity index is 260. The summed E-state index contributed by atoms with van der Waals surface area (Å²) in [5, 5.41) is 0. The van der Waals surface area contributed by atoms with Crippen molar-refractivity contribution in [3.8, 4) is 0 Å². The topological polar surface area (TPSA) is 58.8 Å². The largest absolute Gasteiger partial charge is 0.383 e. The minimum atomic E-state index is -0.542. The van der Waals surface area contributed by atoms with E-state index >= 15 is 0 Å². The van der Waals surface area contributed by atoms with Crippen LogP contribution in [0.2, 0.25) is 0 Å². The van der Waals surface area contributed by atoms with Gasteiger partial charge < -0.3 is 20.3 Å². The highest BCUT2D eigenvalue weighted by molar-refractivity contribution is 5.81. The number of carbonyl (C=O) groups excluding carboxylic acids is 1. The van der Waals surface area contributed by atoms with Gasteiger partial charge in [-0.15, -0.1) is 0 Å². The quantitative estimate of drug-likeness (QED) is 0.749. The lowest BCUT2D eigenvalue weighted by Crippen LogP contribution is -2.52. The number of amides is 1. The molecular formula is C12H25N3O2. The Balaban J connectivity index is 2.52. The number of piperidine rings is 1. The van der Waals surface area contributed by atoms with E-state index in [1.165, 1.54) is 0 Å². The number of nitrogens with two attached hydrogens (primary N) is 1. The van der Waals surface area contributed by atoms with Crippen LogP contribution in [0.4, 0.5) is 0 Å². The Morgan fingerprint density at radius 2 is 2.29 bits per heavy atom. The van der Waals surface area contributed by atoms with Gasteiger partial charge in [0, 0.05) is 32.8 Å². The molecule has 1 amide bonds. The van der Waals surface area contributed by atoms with Crippen molar-refractivity contribution in [1.29, 1.82) is 0 Å². The summed E-state index contributed by atoms with van der Waals surface area (Å²) in [7, 11) is 5.53. The number of rotatable bonds is 4. The van der Waals surface area contributed by atoms with Crippen molar-refractivity contribution < 1.29 is 9.53 Å². The first-order chi connectivity index (χ1) is 7.97. The molecule has 3 unspecified atom stereocenters. The van der Waals surface area contributed by atoms with Crippen LogP contribution in [0.1, 0.15) is 19.8 Å². The number of likely N-dealkylation sites (N-methyl/N-ethyl adjacent to an activating group) is 1. The molecule has 3 atom stereocenters. The highest BCUT2D eigenvalue weighted by Gasteiger charge is 2.29. The molecule has 0 spiro atoms. The molecule has 0 saturated carbocycles. The third kappa shape index (κ3) is 3.66. The molecule has 5 heteroatoms. The molecule has 0 aromatic heterocycles. The van der Waals surface area contributed by atoms with Crippen LogP contribution in [0.25, 0.3) is 0 Å². The fraction of sp³-hybridized carbons (Fsp3) is 0.917. The average Bonchev–Trinajstić information content (AvgIpc) is 2.31. The third-order valence-electron chi connectivity index (χ3n) is 3.74. The molecule has 0 radical (unpaired) electrons. The summed E-state index contributed by atoms with van der Waals surface area (Å²) in [6.45, 7) is 3.51. The molecule has 0 bridgehead atoms. The Kier molecular flexibility index (Phi) is 5.36. The van der Waals surface area contributed by atoms with Crippen LogP contribution in [0.5, 0.6) is 0 Å². The van der Waals surface area contributed by atoms with Gasteiger partial charge in [-0.2, -0.15) is 0 Å². The van der Waals surface area contributed by atoms with E-state index in [4.69, 9.17) is 10.5 Å². The summed E-state index contributed by atoms with van der Waals surface area (Å²) in [5.74, 6) is -0.0198. The predicted molar refractivity (Wildman–Crippen MR) is 67.7 cm³/mol. The zero-order valence-corrected chi connectivity index (χ0v) is 11.3. The van der Waals surface area contributed by atoms with Crippen LogP contribution in [-0.2, 0) is 9.53 Å². The molecule has 1 heterocycles. The standard InChI is InChI=1S/C12H25N3O2/c1-9-7-10(5-6-14(9)2)15(3)12(16)11(13)8-17-4/h9-11H,5-8,13H2,1-4H3. The molecule has 5 nitrogen and oxygen atoms in total. The molecule has 1 saturated heterocycles. The minimum absolute atomic E-state index is 0.0198. The van der Waals surface area contributed by atoms with E-state index in [1.807, 2.05) is 7.05 Å². The molecular weight excluding hydrogens is 218 g/mol. The maximum absolute atomic E-state index is 12.0. The number of hydrogen-bond acceptors (Lipinski definition) is 4. The van der Waals surface area contributed by atoms with Gasteiger partial charge in [-0.25, -0.2) is 0 Å². The average molecular weight is 243 g/mol. The number of hydrogen-bond donors (Lipinski definition) is 1. The summed E-state index contributed by atoms with van der Waals surface area (Å²) in [5.41, 5.74) is 5.77. The lowest BCUT2D eigenvalue weighted by atomic mass is 9.97. The minimum Gasteiger partial charge on any atom is -0.383 e. The smallest absolute Gasteiger partial charge is 0.241 e. The van der Waals surface area contributed by atoms with Crippen molar-refractivity contribution in [2.75, 3.05) is 34.4 Å². The predicted octanol–water partition coefficient (Wildman–Crippen LogP) is -0.0988. The van der Waals surface area contributed by atoms with Crippen molar-refractivity contribution in [3.63, 3.8) is 0 Å². The number of carbonyl (C=O) groups is 1. The Morgan fingerprint density at radius 3 is 2.82 bits per heavy atom. The van der Waals surface area contributed by atoms with E-state index in [2.05, 4.69) is 18.9 Å². The van der Waals surface area contributed by atoms with Gasteiger partial charge in [0.2, 0.25) is 5.91 Å². The summed E-state index contributed by atoms with van der Waals surface area (Å²) in [6, 6.07) is 0.277. The highest BCUT2D eigenvalue weighted by atomic mass is 16.5. The SMILES string of the molecule is COCC(N)C(=O)N(C)C1CCN(C)C(C)C1. The van der Waals surface area contributed by atoms with Gasteiger partial charge in [0.05, 0.1) is 6.61 Å². The first kappa shape index (κ1) is 14.4. The van der Waals surface area contributed by atoms with Crippen LogP contribution in [0, 0.1) is 0 Å². The van der Waals surface area contributed by atoms with E-state index in [-0.39, 0.29) is 12.5 Å². The first-order valence-electron chi connectivity index (χ1n) is 6.18. The number of ether oxygens (including phenoxy) is 1. The number of likely N-dealkylation sites (tertiary alicyclic amines) is 1. The van der Waals surface area contributed by atoms with Crippen molar-refractivity contribution in [2.45, 2.75) is 37.9 Å². The second kappa shape index (κ2) is 6.33. The summed E-state index contributed by atoms with van der Waals surface area (Å²) in [6.07, 6.45) is 2.03. The van der Waals surface area contributed by atoms with Gasteiger partial charge in [0.25, 0.3) is 0 Å². The molecule has 0 aliphatic carbocycles. The highest BCUT2D eigenvalue weighted by Crippen LogP contribution is 2.19. The third-order valence-corrected chi connectivity index (χ3v) is 3.74. The van der Waals surface area contributed by atoms with Gasteiger partial charge >= 0.3 is 0 Å². The van der Waals surface area contributed by atoms with Crippen LogP contribution >= 0.6 is 0 Å². The van der Waals surface area contributed by atoms with Gasteiger partial charge in [-0.3, -0.25) is 4.79 Å². The van der Waals surface area contributed by atoms with Crippen LogP contribution in [0.3, 0.4) is 0 Å². The number of methoxy groups -OCH3 is 1. The molecule has 1 aliphatic heterocycles. The van der Waals surface area contributed by atoms with Crippen molar-refractivity contribution in [3.05, 3.63) is 0 Å². The maximum Gasteiger partial charge on any atom is 0.241 e. The van der Waals surface area contributed by atoms with E-state index in [0.717, 1.165) is 19.4 Å². The van der Waals surface area contributed by atoms with Crippen molar-refractivity contribution in [1.82, 2.24) is 9.80 Å². The second-order valence-corrected chi connectivity index (χ2v) is 5.02. The van der Waals surface area contributed by atoms with Crippen molar-refractivity contribution in [2.24, 2.45) is 5.73 Å². The maximum atomic E-state index is 12.0. The second-order valence-electron chi connectivity index (χ2n) is 5.02. The monoisotopic (exact) mass is 243 g/mol. The fourth-order valence-corrected chi connectivity index (χ4v) is 2.31. The Hall–Kier alpha value is -0.650. The van der Waals surface area contributed by atoms with E-state index in [1.54, 1.807) is 12.0 Å². The van der Waals surface area contributed by atoms with E-state index in [0.29, 0.717) is 12.1 Å². The summed E-state index contributed by atoms with van der Waals surface area (Å²) < 4.78 is 4.92. The van der Waals surface area contributed by atoms with Gasteiger partial charge in [0.1, 0.15) is 6.04 Å². The molecule has 0 aromatic rings. The lowest BCUT2D eigenvalue weighted by Gasteiger charge is -2.40. The Labute approximate surface area is 104 Å². The molecule has 1 rings (SSSR count). The normalized spacial score (nSPS) is 27.8. The summed E-state index contributed by atoms with van der Waals surface area (Å²) in [4.78, 5) is 16.1. The van der Waals surface area contributed by atoms with Gasteiger partial charge in [-0.05, 0) is 26.8 Å². The van der Waals surface area contributed by atoms with Crippen LogP contribution < -0.4 is 5.73 Å². The molecule has 0 aromatic carbocycles. The molecule has 1 aliphatic rings. The summed E-state index contributed by atoms with van der Waals surface area (Å²) >= 11 is 0. The zero-order valence-electron chi connectivity index (χ0n) is 11.3. The Morgan fingerprint density at radius 1 is 1.65 bits per heavy atom. The fourth-order valence-electron chi connectivity index (χ4n) is 2.31. The lowest BCUT2D eigenvalue weighted by molar-refractivity contribution is -0.135. The van der Waals surface area contributed by atoms with Gasteiger partial charge in [-0.1, -0.05) is 0 Å². The van der Waals surface area contributed by atoms with Crippen molar-refractivity contribution >= 4 is 5.91 Å². The first-order valence-corrected chi connectivity index (χ1v) is 6.18. The zero-order chi connectivity index (χ0) is 13.0. The van der Waals surface area contributed by atoms with Crippen LogP contribution in [0.15, 0.2) is 0 Å². The molecule has 2 N–H and O–H groups in total. The molecule has 100 valence electrons. The van der Waals surface area contributed by atoms with E-state index in [9.17, 15) is 4.79 Å². The molecule has 17 heavy (non-hydrogen) atoms. The van der Waals surface area contributed by atoms with Gasteiger partial charge in [0.15, 0.2) is 0 Å². The van der Waals surface area contributed by atoms with Crippen LogP contribution in [-0.4, -0.2) is 68.2 Å².